The van der Waals surface area contributed by atoms with Gasteiger partial charge in [0.2, 0.25) is 6.29 Å². The molecule has 0 bridgehead atoms. The van der Waals surface area contributed by atoms with Crippen molar-refractivity contribution in [1.82, 2.24) is 4.57 Å². The van der Waals surface area contributed by atoms with Gasteiger partial charge in [0.15, 0.2) is 0 Å². The third kappa shape index (κ3) is 5.75. The minimum atomic E-state index is -5.87. The molecule has 6 atom stereocenters. The van der Waals surface area contributed by atoms with Gasteiger partial charge >= 0.3 is 12.3 Å². The third-order valence-corrected chi connectivity index (χ3v) is 6.65. The summed E-state index contributed by atoms with van der Waals surface area (Å²) in [7, 11) is 0. The van der Waals surface area contributed by atoms with Crippen LogP contribution in [0.4, 0.5) is 22.0 Å². The van der Waals surface area contributed by atoms with Gasteiger partial charge in [-0.3, -0.25) is 0 Å². The molecule has 0 aliphatic carbocycles. The highest BCUT2D eigenvalue weighted by Crippen LogP contribution is 2.38. The number of benzene rings is 1. The van der Waals surface area contributed by atoms with Crippen LogP contribution in [0, 0.1) is 6.92 Å². The van der Waals surface area contributed by atoms with Crippen LogP contribution >= 0.6 is 0 Å². The second kappa shape index (κ2) is 10.9. The highest BCUT2D eigenvalue weighted by atomic mass is 19.4. The Morgan fingerprint density at radius 2 is 1.71 bits per heavy atom. The first-order valence-electron chi connectivity index (χ1n) is 11.8. The fourth-order valence-corrected chi connectivity index (χ4v) is 4.45. The number of alkyl halides is 5. The molecule has 14 heteroatoms. The van der Waals surface area contributed by atoms with Crippen LogP contribution in [0.5, 0.6) is 11.5 Å². The van der Waals surface area contributed by atoms with Crippen molar-refractivity contribution in [1.29, 1.82) is 0 Å². The van der Waals surface area contributed by atoms with Crippen molar-refractivity contribution < 1.29 is 61.3 Å². The molecular formula is C24H28F5NO8. The molecule has 0 spiro atoms. The predicted molar refractivity (Wildman–Crippen MR) is 119 cm³/mol. The van der Waals surface area contributed by atoms with E-state index in [9.17, 15) is 42.4 Å². The van der Waals surface area contributed by atoms with Crippen molar-refractivity contribution in [2.75, 3.05) is 19.8 Å². The molecule has 9 nitrogen and oxygen atoms in total. The van der Waals surface area contributed by atoms with Crippen molar-refractivity contribution >= 4 is 0 Å². The molecule has 2 aliphatic heterocycles. The number of hydrogen-bond acceptors (Lipinski definition) is 8. The molecule has 0 saturated carbocycles. The zero-order chi connectivity index (χ0) is 27.8. The van der Waals surface area contributed by atoms with E-state index in [1.54, 1.807) is 13.1 Å². The molecule has 0 amide bonds. The molecule has 1 aromatic heterocycles. The summed E-state index contributed by atoms with van der Waals surface area (Å²) in [6.45, 7) is 2.15. The minimum absolute atomic E-state index is 0.0266. The van der Waals surface area contributed by atoms with Crippen LogP contribution in [0.3, 0.4) is 0 Å². The number of aliphatic hydroxyl groups excluding tert-OH is 4. The van der Waals surface area contributed by atoms with Gasteiger partial charge in [-0.2, -0.15) is 22.0 Å². The molecule has 38 heavy (non-hydrogen) atoms. The summed E-state index contributed by atoms with van der Waals surface area (Å²) in [4.78, 5) is 0. The van der Waals surface area contributed by atoms with Crippen molar-refractivity contribution in [3.05, 3.63) is 47.3 Å². The largest absolute Gasteiger partial charge is 0.499 e. The molecule has 2 saturated heterocycles. The van der Waals surface area contributed by atoms with Crippen molar-refractivity contribution in [3.63, 3.8) is 0 Å². The quantitative estimate of drug-likeness (QED) is 0.367. The molecule has 3 heterocycles. The van der Waals surface area contributed by atoms with Crippen LogP contribution in [0.25, 0.3) is 0 Å². The second-order valence-electron chi connectivity index (χ2n) is 9.23. The Balaban J connectivity index is 1.59. The van der Waals surface area contributed by atoms with E-state index in [0.29, 0.717) is 30.8 Å². The lowest BCUT2D eigenvalue weighted by molar-refractivity contribution is -0.360. The van der Waals surface area contributed by atoms with Crippen molar-refractivity contribution in [3.8, 4) is 11.5 Å². The van der Waals surface area contributed by atoms with Crippen LogP contribution in [0.2, 0.25) is 0 Å². The van der Waals surface area contributed by atoms with Gasteiger partial charge in [0.05, 0.1) is 19.3 Å². The molecule has 2 aliphatic rings. The second-order valence-corrected chi connectivity index (χ2v) is 9.23. The molecule has 2 fully saturated rings. The van der Waals surface area contributed by atoms with Crippen molar-refractivity contribution in [2.24, 2.45) is 0 Å². The van der Waals surface area contributed by atoms with Crippen LogP contribution in [0.1, 0.15) is 29.3 Å². The normalized spacial score (nSPS) is 28.5. The third-order valence-electron chi connectivity index (χ3n) is 6.65. The summed E-state index contributed by atoms with van der Waals surface area (Å²) in [6.07, 6.45) is -16.2. The minimum Gasteiger partial charge on any atom is -0.460 e. The number of aliphatic hydroxyl groups is 4. The first-order chi connectivity index (χ1) is 17.8. The number of hydrogen-bond donors (Lipinski definition) is 4. The van der Waals surface area contributed by atoms with Crippen LogP contribution in [-0.4, -0.2) is 87.8 Å². The Morgan fingerprint density at radius 1 is 1.03 bits per heavy atom. The van der Waals surface area contributed by atoms with E-state index in [1.165, 1.54) is 12.1 Å². The number of ether oxygens (including phenoxy) is 4. The monoisotopic (exact) mass is 553 g/mol. The van der Waals surface area contributed by atoms with E-state index in [2.05, 4.69) is 4.74 Å². The first-order valence-corrected chi connectivity index (χ1v) is 11.8. The predicted octanol–water partition coefficient (Wildman–Crippen LogP) is 2.06. The zero-order valence-corrected chi connectivity index (χ0v) is 20.1. The Labute approximate surface area is 213 Å². The van der Waals surface area contributed by atoms with Gasteiger partial charge in [-0.05, 0) is 31.0 Å². The van der Waals surface area contributed by atoms with Gasteiger partial charge in [-0.25, -0.2) is 0 Å². The zero-order valence-electron chi connectivity index (χ0n) is 20.1. The Morgan fingerprint density at radius 3 is 2.29 bits per heavy atom. The molecule has 212 valence electrons. The average molecular weight is 553 g/mol. The van der Waals surface area contributed by atoms with Gasteiger partial charge in [0.1, 0.15) is 35.9 Å². The maximum atomic E-state index is 13.2. The maximum Gasteiger partial charge on any atom is 0.499 e. The molecular weight excluding hydrogens is 525 g/mol. The number of aromatic nitrogens is 1. The van der Waals surface area contributed by atoms with Gasteiger partial charge in [0.25, 0.3) is 0 Å². The maximum absolute atomic E-state index is 13.2. The summed E-state index contributed by atoms with van der Waals surface area (Å²) in [5, 5.41) is 40.0. The Bertz CT molecular complexity index is 1080. The lowest BCUT2D eigenvalue weighted by atomic mass is 9.99. The lowest BCUT2D eigenvalue weighted by Gasteiger charge is -2.39. The smallest absolute Gasteiger partial charge is 0.460 e. The van der Waals surface area contributed by atoms with E-state index in [-0.39, 0.29) is 18.2 Å². The summed E-state index contributed by atoms with van der Waals surface area (Å²) in [6, 6.07) is 4.61. The molecule has 1 aromatic carbocycles. The number of rotatable bonds is 8. The first kappa shape index (κ1) is 28.5. The van der Waals surface area contributed by atoms with Gasteiger partial charge in [-0.15, -0.1) is 0 Å². The van der Waals surface area contributed by atoms with Gasteiger partial charge < -0.3 is 43.9 Å². The van der Waals surface area contributed by atoms with Crippen molar-refractivity contribution in [2.45, 2.75) is 68.8 Å². The average Bonchev–Trinajstić information content (AvgIpc) is 3.49. The fourth-order valence-electron chi connectivity index (χ4n) is 4.45. The number of halogens is 5. The van der Waals surface area contributed by atoms with Gasteiger partial charge in [-0.1, -0.05) is 12.1 Å². The highest BCUT2D eigenvalue weighted by Gasteiger charge is 2.61. The summed E-state index contributed by atoms with van der Waals surface area (Å²) in [5.74, 6) is -0.436. The summed E-state index contributed by atoms with van der Waals surface area (Å²) in [5.41, 5.74) is 1.85. The van der Waals surface area contributed by atoms with E-state index in [4.69, 9.17) is 14.2 Å². The van der Waals surface area contributed by atoms with E-state index in [1.807, 2.05) is 4.57 Å². The molecule has 4 rings (SSSR count). The fraction of sp³-hybridized carbons (Fsp3) is 0.583. The molecule has 0 radical (unpaired) electrons. The Hall–Kier alpha value is -2.49. The van der Waals surface area contributed by atoms with Crippen LogP contribution < -0.4 is 9.47 Å². The van der Waals surface area contributed by atoms with Crippen LogP contribution in [-0.2, 0) is 15.9 Å². The number of nitrogens with zero attached hydrogens (tertiary/aromatic N) is 1. The van der Waals surface area contributed by atoms with Crippen LogP contribution in [0.15, 0.2) is 30.5 Å². The lowest BCUT2D eigenvalue weighted by Crippen LogP contribution is -2.60. The van der Waals surface area contributed by atoms with E-state index < -0.39 is 55.3 Å². The van der Waals surface area contributed by atoms with E-state index in [0.717, 1.165) is 17.8 Å². The molecule has 1 unspecified atom stereocenters. The van der Waals surface area contributed by atoms with E-state index >= 15 is 0 Å². The SMILES string of the molecule is Cc1c(Cc2ccc(OC(F)(F)C(F)(F)F)cc2)c(O[C@@H]2O[C@H](CO)[C@@H](O)[C@H](O)[C@H]2O)cn1C1CCOC1. The Kier molecular flexibility index (Phi) is 8.21. The topological polar surface area (TPSA) is 123 Å². The standard InChI is InChI=1S/C24H28F5NO8/c1-12-16(8-13-2-4-15(5-3-13)38-24(28,29)23(25,26)27)17(9-30(12)14-6-7-35-11-14)36-22-21(34)20(33)19(32)18(10-31)37-22/h2-5,9,14,18-22,31-34H,6-8,10-11H2,1H3/t14?,18-,19-,20+,21-,22-/m1/s1. The highest BCUT2D eigenvalue weighted by molar-refractivity contribution is 5.43. The molecule has 2 aromatic rings. The summed E-state index contributed by atoms with van der Waals surface area (Å²) >= 11 is 0. The molecule has 4 N–H and O–H groups in total. The summed E-state index contributed by atoms with van der Waals surface area (Å²) < 4.78 is 86.3. The van der Waals surface area contributed by atoms with Gasteiger partial charge in [0, 0.05) is 30.5 Å².